The van der Waals surface area contributed by atoms with E-state index in [1.165, 1.54) is 6.07 Å². The molecule has 2 atom stereocenters. The Labute approximate surface area is 133 Å². The summed E-state index contributed by atoms with van der Waals surface area (Å²) in [6.07, 6.45) is 3.07. The first-order valence-electron chi connectivity index (χ1n) is 7.31. The molecule has 0 radical (unpaired) electrons. The van der Waals surface area contributed by atoms with E-state index in [0.29, 0.717) is 30.3 Å². The van der Waals surface area contributed by atoms with Crippen LogP contribution in [0.1, 0.15) is 21.9 Å². The fourth-order valence-electron chi connectivity index (χ4n) is 2.45. The van der Waals surface area contributed by atoms with Crippen molar-refractivity contribution >= 4 is 5.91 Å². The molecule has 0 unspecified atom stereocenters. The highest BCUT2D eigenvalue weighted by Crippen LogP contribution is 2.18. The zero-order valence-corrected chi connectivity index (χ0v) is 13.0. The summed E-state index contributed by atoms with van der Waals surface area (Å²) in [5.74, 6) is 0.962. The summed E-state index contributed by atoms with van der Waals surface area (Å²) in [7, 11) is 1.80. The molecule has 124 valence electrons. The number of nitrogens with one attached hydrogen (secondary N) is 1. The van der Waals surface area contributed by atoms with Crippen molar-refractivity contribution in [2.24, 2.45) is 7.05 Å². The van der Waals surface area contributed by atoms with Crippen molar-refractivity contribution in [3.8, 4) is 5.75 Å². The summed E-state index contributed by atoms with van der Waals surface area (Å²) in [6, 6.07) is 1.25. The van der Waals surface area contributed by atoms with Gasteiger partial charge in [-0.25, -0.2) is 0 Å². The number of rotatable bonds is 5. The Bertz CT molecular complexity index is 693. The molecule has 1 aliphatic rings. The molecule has 1 saturated heterocycles. The van der Waals surface area contributed by atoms with Crippen LogP contribution in [0.25, 0.3) is 0 Å². The van der Waals surface area contributed by atoms with Crippen molar-refractivity contribution in [1.82, 2.24) is 15.1 Å². The van der Waals surface area contributed by atoms with Gasteiger partial charge in [-0.1, -0.05) is 0 Å². The fourth-order valence-corrected chi connectivity index (χ4v) is 2.45. The van der Waals surface area contributed by atoms with Crippen LogP contribution in [0, 0.1) is 6.92 Å². The minimum absolute atomic E-state index is 0.165. The number of aryl methyl sites for hydroxylation is 2. The highest BCUT2D eigenvalue weighted by atomic mass is 16.5. The molecule has 2 N–H and O–H groups in total. The predicted octanol–water partition coefficient (Wildman–Crippen LogP) is 0.390. The van der Waals surface area contributed by atoms with Crippen LogP contribution in [0.5, 0.6) is 5.75 Å². The molecule has 1 aliphatic heterocycles. The number of nitrogens with zero attached hydrogens (tertiary/aromatic N) is 2. The van der Waals surface area contributed by atoms with Crippen molar-refractivity contribution in [2.45, 2.75) is 25.7 Å². The third-order valence-corrected chi connectivity index (χ3v) is 3.73. The maximum atomic E-state index is 12.3. The van der Waals surface area contributed by atoms with E-state index in [9.17, 15) is 4.79 Å². The molecule has 2 aromatic heterocycles. The lowest BCUT2D eigenvalue weighted by Crippen LogP contribution is -2.45. The largest absolute Gasteiger partial charge is 0.482 e. The van der Waals surface area contributed by atoms with Crippen LogP contribution in [-0.4, -0.2) is 46.2 Å². The van der Waals surface area contributed by atoms with Gasteiger partial charge in [-0.05, 0) is 13.0 Å². The molecule has 3 rings (SSSR count). The number of amides is 1. The molecule has 3 heterocycles. The van der Waals surface area contributed by atoms with Gasteiger partial charge in [0.25, 0.3) is 5.91 Å². The lowest BCUT2D eigenvalue weighted by molar-refractivity contribution is 0.0875. The molecule has 0 aromatic carbocycles. The van der Waals surface area contributed by atoms with Gasteiger partial charge in [-0.2, -0.15) is 5.10 Å². The monoisotopic (exact) mass is 321 g/mol. The van der Waals surface area contributed by atoms with E-state index in [-0.39, 0.29) is 30.4 Å². The summed E-state index contributed by atoms with van der Waals surface area (Å²) >= 11 is 0. The minimum atomic E-state index is -0.358. The Hall–Kier alpha value is -2.32. The van der Waals surface area contributed by atoms with Crippen LogP contribution >= 0.6 is 0 Å². The molecule has 0 spiro atoms. The molecule has 23 heavy (non-hydrogen) atoms. The summed E-state index contributed by atoms with van der Waals surface area (Å²) in [6.45, 7) is 2.29. The summed E-state index contributed by atoms with van der Waals surface area (Å²) in [5, 5.41) is 16.1. The molecule has 1 fully saturated rings. The quantitative estimate of drug-likeness (QED) is 0.826. The van der Waals surface area contributed by atoms with Gasteiger partial charge in [0.15, 0.2) is 11.5 Å². The second-order valence-electron chi connectivity index (χ2n) is 5.47. The van der Waals surface area contributed by atoms with E-state index in [0.717, 1.165) is 0 Å². The number of aliphatic hydroxyl groups excluding tert-OH is 1. The average Bonchev–Trinajstić information content (AvgIpc) is 3.21. The molecule has 2 aromatic rings. The van der Waals surface area contributed by atoms with E-state index >= 15 is 0 Å². The minimum Gasteiger partial charge on any atom is -0.482 e. The Balaban J connectivity index is 1.64. The zero-order valence-electron chi connectivity index (χ0n) is 13.0. The van der Waals surface area contributed by atoms with Crippen LogP contribution in [0.4, 0.5) is 0 Å². The first-order valence-corrected chi connectivity index (χ1v) is 7.31. The summed E-state index contributed by atoms with van der Waals surface area (Å²) < 4.78 is 18.2. The standard InChI is InChI=1S/C15H19N3O5/c1-9-10(6-19)3-13(22-9)15(20)17-12-7-21-8-14(12)23-11-4-16-18(2)5-11/h3-5,12,14,19H,6-8H2,1-2H3,(H,17,20)/t12-,14+/m0/s1. The zero-order chi connectivity index (χ0) is 16.4. The van der Waals surface area contributed by atoms with Crippen molar-refractivity contribution in [1.29, 1.82) is 0 Å². The van der Waals surface area contributed by atoms with Gasteiger partial charge in [0.05, 0.1) is 38.3 Å². The van der Waals surface area contributed by atoms with E-state index in [2.05, 4.69) is 10.4 Å². The number of aliphatic hydroxyl groups is 1. The topological polar surface area (TPSA) is 98.8 Å². The van der Waals surface area contributed by atoms with Gasteiger partial charge in [0.2, 0.25) is 0 Å². The Morgan fingerprint density at radius 2 is 2.39 bits per heavy atom. The second-order valence-corrected chi connectivity index (χ2v) is 5.47. The van der Waals surface area contributed by atoms with Gasteiger partial charge in [-0.15, -0.1) is 0 Å². The van der Waals surface area contributed by atoms with Crippen LogP contribution in [0.15, 0.2) is 22.9 Å². The Kier molecular flexibility index (Phi) is 4.35. The molecular weight excluding hydrogens is 302 g/mol. The predicted molar refractivity (Wildman–Crippen MR) is 79.1 cm³/mol. The highest BCUT2D eigenvalue weighted by Gasteiger charge is 2.32. The van der Waals surface area contributed by atoms with Gasteiger partial charge in [0, 0.05) is 12.6 Å². The number of carbonyl (C=O) groups excluding carboxylic acids is 1. The maximum absolute atomic E-state index is 12.3. The normalized spacial score (nSPS) is 20.7. The van der Waals surface area contributed by atoms with Gasteiger partial charge >= 0.3 is 0 Å². The maximum Gasteiger partial charge on any atom is 0.287 e. The number of hydrogen-bond donors (Lipinski definition) is 2. The third kappa shape index (κ3) is 3.38. The molecule has 1 amide bonds. The average molecular weight is 321 g/mol. The van der Waals surface area contributed by atoms with Crippen molar-refractivity contribution in [3.05, 3.63) is 35.5 Å². The van der Waals surface area contributed by atoms with Crippen LogP contribution in [0.3, 0.4) is 0 Å². The van der Waals surface area contributed by atoms with Gasteiger partial charge in [0.1, 0.15) is 11.9 Å². The summed E-state index contributed by atoms with van der Waals surface area (Å²) in [5.41, 5.74) is 0.598. The van der Waals surface area contributed by atoms with Crippen LogP contribution in [-0.2, 0) is 18.4 Å². The molecule has 0 aliphatic carbocycles. The smallest absolute Gasteiger partial charge is 0.287 e. The first-order chi connectivity index (χ1) is 11.1. The Morgan fingerprint density at radius 3 is 3.04 bits per heavy atom. The molecule has 0 bridgehead atoms. The van der Waals surface area contributed by atoms with Crippen LogP contribution < -0.4 is 10.1 Å². The number of hydrogen-bond acceptors (Lipinski definition) is 6. The molecule has 8 heteroatoms. The lowest BCUT2D eigenvalue weighted by atomic mass is 10.2. The first kappa shape index (κ1) is 15.6. The second kappa shape index (κ2) is 6.43. The van der Waals surface area contributed by atoms with E-state index in [1.807, 2.05) is 0 Å². The third-order valence-electron chi connectivity index (χ3n) is 3.73. The number of ether oxygens (including phenoxy) is 2. The molecule has 8 nitrogen and oxygen atoms in total. The number of carbonyl (C=O) groups is 1. The van der Waals surface area contributed by atoms with Crippen LogP contribution in [0.2, 0.25) is 0 Å². The van der Waals surface area contributed by atoms with Gasteiger partial charge < -0.3 is 24.3 Å². The van der Waals surface area contributed by atoms with E-state index in [4.69, 9.17) is 19.0 Å². The fraction of sp³-hybridized carbons (Fsp3) is 0.467. The van der Waals surface area contributed by atoms with E-state index < -0.39 is 0 Å². The highest BCUT2D eigenvalue weighted by molar-refractivity contribution is 5.92. The van der Waals surface area contributed by atoms with Crippen molar-refractivity contribution < 1.29 is 23.8 Å². The van der Waals surface area contributed by atoms with E-state index in [1.54, 1.807) is 31.0 Å². The lowest BCUT2D eigenvalue weighted by Gasteiger charge is -2.19. The number of furan rings is 1. The molecular formula is C15H19N3O5. The van der Waals surface area contributed by atoms with Crippen molar-refractivity contribution in [2.75, 3.05) is 13.2 Å². The Morgan fingerprint density at radius 1 is 1.57 bits per heavy atom. The summed E-state index contributed by atoms with van der Waals surface area (Å²) in [4.78, 5) is 12.3. The van der Waals surface area contributed by atoms with Gasteiger partial charge in [-0.3, -0.25) is 9.48 Å². The SMILES string of the molecule is Cc1oc(C(=O)N[C@H]2COC[C@H]2Oc2cnn(C)c2)cc1CO. The van der Waals surface area contributed by atoms with Crippen molar-refractivity contribution in [3.63, 3.8) is 0 Å². The number of aromatic nitrogens is 2. The molecule has 0 saturated carbocycles.